The highest BCUT2D eigenvalue weighted by Gasteiger charge is 2.18. The zero-order chi connectivity index (χ0) is 15.6. The van der Waals surface area contributed by atoms with Crippen LogP contribution in [0.5, 0.6) is 5.75 Å². The molecule has 2 aromatic rings. The molecule has 0 saturated carbocycles. The Morgan fingerprint density at radius 3 is 2.76 bits per heavy atom. The first-order chi connectivity index (χ1) is 9.93. The minimum absolute atomic E-state index is 0.0132. The first-order valence-electron chi connectivity index (χ1n) is 5.98. The monoisotopic (exact) mass is 309 g/mol. The number of carbonyl (C=O) groups excluding carboxylic acids is 1. The van der Waals surface area contributed by atoms with E-state index in [9.17, 15) is 14.9 Å². The molecule has 0 fully saturated rings. The number of aromatic nitrogens is 2. The van der Waals surface area contributed by atoms with E-state index >= 15 is 0 Å². The van der Waals surface area contributed by atoms with Crippen molar-refractivity contribution in [1.29, 1.82) is 0 Å². The number of nitrogens with zero attached hydrogens (tertiary/aromatic N) is 3. The fourth-order valence-electron chi connectivity index (χ4n) is 1.85. The molecule has 0 saturated heterocycles. The molecule has 21 heavy (non-hydrogen) atoms. The second-order valence-corrected chi connectivity index (χ2v) is 4.74. The summed E-state index contributed by atoms with van der Waals surface area (Å²) in [5, 5.41) is 15.5. The summed E-state index contributed by atoms with van der Waals surface area (Å²) >= 11 is 6.09. The Morgan fingerprint density at radius 2 is 2.24 bits per heavy atom. The predicted octanol–water partition coefficient (Wildman–Crippen LogP) is 2.68. The first-order valence-corrected chi connectivity index (χ1v) is 6.36. The molecule has 0 unspecified atom stereocenters. The van der Waals surface area contributed by atoms with Gasteiger partial charge in [-0.1, -0.05) is 11.6 Å². The molecule has 7 nitrogen and oxygen atoms in total. The third kappa shape index (κ3) is 3.03. The van der Waals surface area contributed by atoms with E-state index in [4.69, 9.17) is 16.3 Å². The molecule has 1 aromatic heterocycles. The van der Waals surface area contributed by atoms with Crippen LogP contribution in [0.1, 0.15) is 21.7 Å². The van der Waals surface area contributed by atoms with Gasteiger partial charge in [-0.15, -0.1) is 0 Å². The van der Waals surface area contributed by atoms with Crippen LogP contribution in [0.15, 0.2) is 18.2 Å². The Hall–Kier alpha value is -2.41. The van der Waals surface area contributed by atoms with Gasteiger partial charge in [-0.3, -0.25) is 19.6 Å². The maximum absolute atomic E-state index is 11.0. The third-order valence-corrected chi connectivity index (χ3v) is 3.43. The number of ether oxygens (including phenoxy) is 1. The number of aldehydes is 1. The van der Waals surface area contributed by atoms with Crippen LogP contribution >= 0.6 is 11.6 Å². The lowest BCUT2D eigenvalue weighted by molar-refractivity contribution is -0.386. The third-order valence-electron chi connectivity index (χ3n) is 2.94. The Bertz CT molecular complexity index is 712. The van der Waals surface area contributed by atoms with Crippen molar-refractivity contribution in [3.05, 3.63) is 50.3 Å². The molecule has 2 rings (SSSR count). The van der Waals surface area contributed by atoms with Crippen molar-refractivity contribution in [3.8, 4) is 5.75 Å². The maximum atomic E-state index is 11.0. The first kappa shape index (κ1) is 15.0. The molecule has 0 bridgehead atoms. The molecule has 0 N–H and O–H groups in total. The van der Waals surface area contributed by atoms with E-state index in [2.05, 4.69) is 5.10 Å². The molecule has 0 atom stereocenters. The van der Waals surface area contributed by atoms with Gasteiger partial charge in [0.15, 0.2) is 5.75 Å². The second kappa shape index (κ2) is 5.92. The molecule has 0 amide bonds. The number of halogens is 1. The highest BCUT2D eigenvalue weighted by atomic mass is 35.5. The molecule has 0 aliphatic heterocycles. The molecule has 1 aromatic carbocycles. The fraction of sp³-hybridized carbons (Fsp3) is 0.231. The van der Waals surface area contributed by atoms with Crippen LogP contribution in [0.4, 0.5) is 5.69 Å². The number of hydrogen-bond donors (Lipinski definition) is 0. The van der Waals surface area contributed by atoms with Crippen molar-refractivity contribution in [2.75, 3.05) is 0 Å². The summed E-state index contributed by atoms with van der Waals surface area (Å²) in [6.45, 7) is 1.76. The zero-order valence-electron chi connectivity index (χ0n) is 11.4. The fourth-order valence-corrected chi connectivity index (χ4v) is 2.07. The van der Waals surface area contributed by atoms with Crippen LogP contribution in [-0.2, 0) is 13.7 Å². The van der Waals surface area contributed by atoms with Gasteiger partial charge in [0, 0.05) is 18.7 Å². The van der Waals surface area contributed by atoms with Crippen molar-refractivity contribution in [2.24, 2.45) is 7.05 Å². The van der Waals surface area contributed by atoms with Crippen LogP contribution < -0.4 is 4.74 Å². The number of rotatable bonds is 5. The lowest BCUT2D eigenvalue weighted by Crippen LogP contribution is -2.05. The summed E-state index contributed by atoms with van der Waals surface area (Å²) < 4.78 is 7.00. The van der Waals surface area contributed by atoms with Crippen LogP contribution in [0.3, 0.4) is 0 Å². The molecule has 0 spiro atoms. The Balaban J connectivity index is 2.30. The van der Waals surface area contributed by atoms with Crippen molar-refractivity contribution in [2.45, 2.75) is 13.5 Å². The van der Waals surface area contributed by atoms with Gasteiger partial charge in [0.05, 0.1) is 21.3 Å². The summed E-state index contributed by atoms with van der Waals surface area (Å²) in [6, 6.07) is 3.91. The summed E-state index contributed by atoms with van der Waals surface area (Å²) in [7, 11) is 1.70. The smallest absolute Gasteiger partial charge is 0.310 e. The van der Waals surface area contributed by atoms with Crippen LogP contribution in [0.25, 0.3) is 0 Å². The zero-order valence-corrected chi connectivity index (χ0v) is 12.1. The van der Waals surface area contributed by atoms with Gasteiger partial charge in [-0.05, 0) is 19.1 Å². The summed E-state index contributed by atoms with van der Waals surface area (Å²) in [5.41, 5.74) is 1.33. The predicted molar refractivity (Wildman–Crippen MR) is 75.8 cm³/mol. The number of nitro benzene ring substituents is 1. The minimum atomic E-state index is -0.569. The van der Waals surface area contributed by atoms with Crippen LogP contribution in [0.2, 0.25) is 5.02 Å². The molecular formula is C13H12ClN3O4. The van der Waals surface area contributed by atoms with Gasteiger partial charge in [0.2, 0.25) is 0 Å². The molecule has 0 aliphatic carbocycles. The molecule has 0 radical (unpaired) electrons. The van der Waals surface area contributed by atoms with E-state index < -0.39 is 4.92 Å². The topological polar surface area (TPSA) is 87.3 Å². The number of benzene rings is 1. The van der Waals surface area contributed by atoms with Gasteiger partial charge in [0.1, 0.15) is 12.9 Å². The van der Waals surface area contributed by atoms with Crippen molar-refractivity contribution >= 4 is 23.6 Å². The number of carbonyl (C=O) groups is 1. The Morgan fingerprint density at radius 1 is 1.52 bits per heavy atom. The highest BCUT2D eigenvalue weighted by molar-refractivity contribution is 6.31. The normalized spacial score (nSPS) is 10.4. The Labute approximate surface area is 125 Å². The number of nitro groups is 1. The standard InChI is InChI=1S/C13H12ClN3O4/c1-8-13(14)11(16(2)15-8)7-21-12-5-9(6-18)3-4-10(12)17(19)20/h3-6H,7H2,1-2H3. The number of aryl methyl sites for hydroxylation is 2. The van der Waals surface area contributed by atoms with E-state index in [1.807, 2.05) is 0 Å². The van der Waals surface area contributed by atoms with Crippen molar-refractivity contribution in [1.82, 2.24) is 9.78 Å². The van der Waals surface area contributed by atoms with Gasteiger partial charge in [-0.25, -0.2) is 0 Å². The SMILES string of the molecule is Cc1nn(C)c(COc2cc(C=O)ccc2[N+](=O)[O-])c1Cl. The summed E-state index contributed by atoms with van der Waals surface area (Å²) in [6.07, 6.45) is 0.595. The Kier molecular flexibility index (Phi) is 4.23. The molecular weight excluding hydrogens is 298 g/mol. The second-order valence-electron chi connectivity index (χ2n) is 4.36. The quantitative estimate of drug-likeness (QED) is 0.481. The average molecular weight is 310 g/mol. The van der Waals surface area contributed by atoms with E-state index in [1.165, 1.54) is 18.2 Å². The molecule has 8 heteroatoms. The highest BCUT2D eigenvalue weighted by Crippen LogP contribution is 2.29. The number of hydrogen-bond acceptors (Lipinski definition) is 5. The van der Waals surface area contributed by atoms with Crippen LogP contribution in [0, 0.1) is 17.0 Å². The van der Waals surface area contributed by atoms with Crippen molar-refractivity contribution < 1.29 is 14.5 Å². The van der Waals surface area contributed by atoms with Crippen molar-refractivity contribution in [3.63, 3.8) is 0 Å². The average Bonchev–Trinajstić information content (AvgIpc) is 2.69. The summed E-state index contributed by atoms with van der Waals surface area (Å²) in [5.74, 6) is 0.0134. The lowest BCUT2D eigenvalue weighted by atomic mass is 10.2. The van der Waals surface area contributed by atoms with Gasteiger partial charge < -0.3 is 4.74 Å². The summed E-state index contributed by atoms with van der Waals surface area (Å²) in [4.78, 5) is 21.2. The minimum Gasteiger partial charge on any atom is -0.480 e. The van der Waals surface area contributed by atoms with Gasteiger partial charge >= 0.3 is 5.69 Å². The van der Waals surface area contributed by atoms with E-state index in [1.54, 1.807) is 18.7 Å². The van der Waals surface area contributed by atoms with Crippen LogP contribution in [-0.4, -0.2) is 21.0 Å². The maximum Gasteiger partial charge on any atom is 0.310 e. The van der Waals surface area contributed by atoms with E-state index in [-0.39, 0.29) is 18.0 Å². The van der Waals surface area contributed by atoms with Gasteiger partial charge in [0.25, 0.3) is 0 Å². The van der Waals surface area contributed by atoms with E-state index in [0.29, 0.717) is 28.3 Å². The molecule has 110 valence electrons. The van der Waals surface area contributed by atoms with E-state index in [0.717, 1.165) is 0 Å². The molecule has 0 aliphatic rings. The largest absolute Gasteiger partial charge is 0.480 e. The lowest BCUT2D eigenvalue weighted by Gasteiger charge is -2.08. The van der Waals surface area contributed by atoms with Gasteiger partial charge in [-0.2, -0.15) is 5.10 Å². The molecule has 1 heterocycles.